The molecule has 92 valence electrons. The predicted molar refractivity (Wildman–Crippen MR) is 71.1 cm³/mol. The maximum atomic E-state index is 12.1. The van der Waals surface area contributed by atoms with Crippen molar-refractivity contribution < 1.29 is 4.79 Å². The van der Waals surface area contributed by atoms with Crippen molar-refractivity contribution in [3.63, 3.8) is 0 Å². The first-order chi connectivity index (χ1) is 8.16. The van der Waals surface area contributed by atoms with Gasteiger partial charge in [-0.2, -0.15) is 0 Å². The second kappa shape index (κ2) is 5.85. The van der Waals surface area contributed by atoms with E-state index in [-0.39, 0.29) is 5.78 Å². The van der Waals surface area contributed by atoms with Crippen molar-refractivity contribution in [2.45, 2.75) is 19.3 Å². The van der Waals surface area contributed by atoms with Gasteiger partial charge in [-0.3, -0.25) is 9.69 Å². The Kier molecular flexibility index (Phi) is 4.43. The van der Waals surface area contributed by atoms with Crippen LogP contribution >= 0.6 is 23.2 Å². The minimum absolute atomic E-state index is 0.0550. The largest absolute Gasteiger partial charge is 0.296 e. The molecule has 1 saturated heterocycles. The Morgan fingerprint density at radius 3 is 2.59 bits per heavy atom. The average Bonchev–Trinajstić information content (AvgIpc) is 2.33. The van der Waals surface area contributed by atoms with Crippen LogP contribution in [-0.4, -0.2) is 30.3 Å². The lowest BCUT2D eigenvalue weighted by Crippen LogP contribution is -2.34. The molecule has 2 nitrogen and oxygen atoms in total. The number of Topliss-reactive ketones (excluding diaryl/α,β-unsaturated/α-hetero) is 1. The highest BCUT2D eigenvalue weighted by Gasteiger charge is 2.17. The lowest BCUT2D eigenvalue weighted by Gasteiger charge is -2.25. The number of carbonyl (C=O) groups is 1. The number of hydrogen-bond donors (Lipinski definition) is 0. The number of nitrogens with zero attached hydrogens (tertiary/aromatic N) is 1. The first-order valence-electron chi connectivity index (χ1n) is 5.87. The number of carbonyl (C=O) groups excluding carboxylic acids is 1. The van der Waals surface area contributed by atoms with E-state index in [2.05, 4.69) is 4.90 Å². The fourth-order valence-electron chi connectivity index (χ4n) is 2.12. The van der Waals surface area contributed by atoms with Gasteiger partial charge in [-0.05, 0) is 44.1 Å². The highest BCUT2D eigenvalue weighted by Crippen LogP contribution is 2.21. The van der Waals surface area contributed by atoms with E-state index < -0.39 is 0 Å². The van der Waals surface area contributed by atoms with Crippen molar-refractivity contribution in [1.29, 1.82) is 0 Å². The van der Waals surface area contributed by atoms with E-state index in [1.54, 1.807) is 18.2 Å². The van der Waals surface area contributed by atoms with Gasteiger partial charge in [0.15, 0.2) is 5.78 Å². The minimum atomic E-state index is 0.0550. The highest BCUT2D eigenvalue weighted by molar-refractivity contribution is 6.36. The molecule has 1 aromatic carbocycles. The fourth-order valence-corrected chi connectivity index (χ4v) is 2.51. The summed E-state index contributed by atoms with van der Waals surface area (Å²) in [7, 11) is 0. The van der Waals surface area contributed by atoms with Crippen LogP contribution in [0.5, 0.6) is 0 Å². The van der Waals surface area contributed by atoms with Crippen molar-refractivity contribution in [2.75, 3.05) is 19.6 Å². The van der Waals surface area contributed by atoms with E-state index in [0.29, 0.717) is 22.2 Å². The number of ketones is 1. The van der Waals surface area contributed by atoms with Crippen LogP contribution in [0.15, 0.2) is 18.2 Å². The van der Waals surface area contributed by atoms with Gasteiger partial charge in [-0.15, -0.1) is 0 Å². The summed E-state index contributed by atoms with van der Waals surface area (Å²) in [5, 5.41) is 1.04. The van der Waals surface area contributed by atoms with Crippen LogP contribution < -0.4 is 0 Å². The number of piperidine rings is 1. The van der Waals surface area contributed by atoms with E-state index in [9.17, 15) is 4.79 Å². The third-order valence-electron chi connectivity index (χ3n) is 3.04. The van der Waals surface area contributed by atoms with Gasteiger partial charge in [0.05, 0.1) is 11.6 Å². The lowest BCUT2D eigenvalue weighted by molar-refractivity contribution is 0.0916. The second-order valence-corrected chi connectivity index (χ2v) is 5.23. The third kappa shape index (κ3) is 3.44. The molecule has 0 N–H and O–H groups in total. The zero-order valence-electron chi connectivity index (χ0n) is 9.59. The normalized spacial score (nSPS) is 17.1. The molecule has 0 spiro atoms. The van der Waals surface area contributed by atoms with Crippen LogP contribution in [0.4, 0.5) is 0 Å². The summed E-state index contributed by atoms with van der Waals surface area (Å²) in [6, 6.07) is 5.02. The van der Waals surface area contributed by atoms with E-state index in [0.717, 1.165) is 13.1 Å². The number of halogens is 2. The molecule has 0 aromatic heterocycles. The maximum Gasteiger partial charge on any atom is 0.178 e. The van der Waals surface area contributed by atoms with Crippen molar-refractivity contribution >= 4 is 29.0 Å². The van der Waals surface area contributed by atoms with Crippen LogP contribution in [0.25, 0.3) is 0 Å². The number of rotatable bonds is 3. The highest BCUT2D eigenvalue weighted by atomic mass is 35.5. The second-order valence-electron chi connectivity index (χ2n) is 4.38. The Morgan fingerprint density at radius 2 is 1.88 bits per heavy atom. The van der Waals surface area contributed by atoms with Crippen molar-refractivity contribution in [3.8, 4) is 0 Å². The molecule has 17 heavy (non-hydrogen) atoms. The fraction of sp³-hybridized carbons (Fsp3) is 0.462. The molecule has 0 atom stereocenters. The number of hydrogen-bond acceptors (Lipinski definition) is 2. The Balaban J connectivity index is 2.05. The molecular weight excluding hydrogens is 257 g/mol. The van der Waals surface area contributed by atoms with Gasteiger partial charge in [0.25, 0.3) is 0 Å². The Morgan fingerprint density at radius 1 is 1.18 bits per heavy atom. The summed E-state index contributed by atoms with van der Waals surface area (Å²) in [4.78, 5) is 14.3. The summed E-state index contributed by atoms with van der Waals surface area (Å²) in [6.07, 6.45) is 3.62. The summed E-state index contributed by atoms with van der Waals surface area (Å²) in [6.45, 7) is 2.45. The maximum absolute atomic E-state index is 12.1. The molecular formula is C13H15Cl2NO. The zero-order valence-corrected chi connectivity index (χ0v) is 11.1. The van der Waals surface area contributed by atoms with Crippen molar-refractivity contribution in [2.24, 2.45) is 0 Å². The molecule has 0 unspecified atom stereocenters. The lowest BCUT2D eigenvalue weighted by atomic mass is 10.1. The molecule has 0 amide bonds. The molecule has 0 bridgehead atoms. The van der Waals surface area contributed by atoms with Gasteiger partial charge in [0.1, 0.15) is 0 Å². The van der Waals surface area contributed by atoms with Crippen molar-refractivity contribution in [3.05, 3.63) is 33.8 Å². The molecule has 1 aliphatic rings. The Labute approximate surface area is 112 Å². The van der Waals surface area contributed by atoms with Crippen molar-refractivity contribution in [1.82, 2.24) is 4.90 Å². The predicted octanol–water partition coefficient (Wildman–Crippen LogP) is 3.66. The molecule has 1 aliphatic heterocycles. The standard InChI is InChI=1S/C13H15Cl2NO/c14-10-4-5-12(15)11(8-10)13(17)9-16-6-2-1-3-7-16/h4-5,8H,1-3,6-7,9H2. The Bertz CT molecular complexity index is 414. The van der Waals surface area contributed by atoms with E-state index >= 15 is 0 Å². The third-order valence-corrected chi connectivity index (χ3v) is 3.61. The van der Waals surface area contributed by atoms with Crippen LogP contribution in [0.2, 0.25) is 10.0 Å². The summed E-state index contributed by atoms with van der Waals surface area (Å²) >= 11 is 11.9. The first kappa shape index (κ1) is 12.9. The SMILES string of the molecule is O=C(CN1CCCCC1)c1cc(Cl)ccc1Cl. The van der Waals surface area contributed by atoms with Crippen LogP contribution in [0.3, 0.4) is 0 Å². The van der Waals surface area contributed by atoms with E-state index in [1.165, 1.54) is 19.3 Å². The number of likely N-dealkylation sites (tertiary alicyclic amines) is 1. The van der Waals surface area contributed by atoms with Gasteiger partial charge in [0.2, 0.25) is 0 Å². The topological polar surface area (TPSA) is 20.3 Å². The monoisotopic (exact) mass is 271 g/mol. The molecule has 0 aliphatic carbocycles. The zero-order chi connectivity index (χ0) is 12.3. The smallest absolute Gasteiger partial charge is 0.178 e. The van der Waals surface area contributed by atoms with E-state index in [4.69, 9.17) is 23.2 Å². The molecule has 1 aromatic rings. The van der Waals surface area contributed by atoms with E-state index in [1.807, 2.05) is 0 Å². The number of benzene rings is 1. The van der Waals surface area contributed by atoms with Crippen LogP contribution in [0.1, 0.15) is 29.6 Å². The Hall–Kier alpha value is -0.570. The van der Waals surface area contributed by atoms with Gasteiger partial charge in [-0.25, -0.2) is 0 Å². The van der Waals surface area contributed by atoms with Gasteiger partial charge in [0, 0.05) is 10.6 Å². The average molecular weight is 272 g/mol. The van der Waals surface area contributed by atoms with Gasteiger partial charge < -0.3 is 0 Å². The summed E-state index contributed by atoms with van der Waals surface area (Å²) in [5.41, 5.74) is 0.532. The summed E-state index contributed by atoms with van der Waals surface area (Å²) < 4.78 is 0. The van der Waals surface area contributed by atoms with Crippen LogP contribution in [-0.2, 0) is 0 Å². The molecule has 2 rings (SSSR count). The molecule has 1 fully saturated rings. The molecule has 1 heterocycles. The minimum Gasteiger partial charge on any atom is -0.296 e. The van der Waals surface area contributed by atoms with Crippen LogP contribution in [0, 0.1) is 0 Å². The molecule has 0 radical (unpaired) electrons. The first-order valence-corrected chi connectivity index (χ1v) is 6.63. The molecule has 0 saturated carbocycles. The molecule has 4 heteroatoms. The van der Waals surface area contributed by atoms with Gasteiger partial charge in [-0.1, -0.05) is 29.6 Å². The van der Waals surface area contributed by atoms with Gasteiger partial charge >= 0.3 is 0 Å². The quantitative estimate of drug-likeness (QED) is 0.782. The summed E-state index contributed by atoms with van der Waals surface area (Å²) in [5.74, 6) is 0.0550.